The highest BCUT2D eigenvalue weighted by atomic mass is 79.9. The van der Waals surface area contributed by atoms with Gasteiger partial charge in [0.1, 0.15) is 12.3 Å². The molecule has 2 aromatic heterocycles. The molecular formula is C22H20BrN5O3. The molecule has 0 bridgehead atoms. The van der Waals surface area contributed by atoms with Gasteiger partial charge in [0.15, 0.2) is 0 Å². The van der Waals surface area contributed by atoms with Crippen molar-refractivity contribution in [3.63, 3.8) is 0 Å². The average Bonchev–Trinajstić information content (AvgIpc) is 3.06. The summed E-state index contributed by atoms with van der Waals surface area (Å²) < 4.78 is 9.15. The molecule has 2 aromatic carbocycles. The van der Waals surface area contributed by atoms with Crippen molar-refractivity contribution in [1.82, 2.24) is 19.2 Å². The quantitative estimate of drug-likeness (QED) is 0.445. The molecule has 8 nitrogen and oxygen atoms in total. The van der Waals surface area contributed by atoms with Gasteiger partial charge in [-0.3, -0.25) is 4.79 Å². The van der Waals surface area contributed by atoms with E-state index in [1.807, 2.05) is 36.4 Å². The normalized spacial score (nSPS) is 11.1. The molecule has 2 heterocycles. The molecule has 158 valence electrons. The lowest BCUT2D eigenvalue weighted by Crippen LogP contribution is -2.28. The standard InChI is InChI=1S/C22H20BrN5O3/c1-14(2)15-3-9-18(10-4-15)31-21-20-26-28(22(30)27(20)12-11-24-21)13-19(29)25-17-7-5-16(23)6-8-17/h3-12,14H,13H2,1-2H3,(H,25,29). The number of benzene rings is 2. The lowest BCUT2D eigenvalue weighted by atomic mass is 10.0. The Kier molecular flexibility index (Phi) is 5.85. The van der Waals surface area contributed by atoms with Crippen molar-refractivity contribution in [3.8, 4) is 11.6 Å². The minimum atomic E-state index is -0.455. The Balaban J connectivity index is 1.56. The van der Waals surface area contributed by atoms with Crippen LogP contribution in [0.25, 0.3) is 5.65 Å². The zero-order valence-electron chi connectivity index (χ0n) is 16.9. The van der Waals surface area contributed by atoms with E-state index in [-0.39, 0.29) is 24.0 Å². The summed E-state index contributed by atoms with van der Waals surface area (Å²) in [5.41, 5.74) is 1.59. The molecule has 0 saturated carbocycles. The largest absolute Gasteiger partial charge is 0.436 e. The number of carbonyl (C=O) groups excluding carboxylic acids is 1. The van der Waals surface area contributed by atoms with Gasteiger partial charge < -0.3 is 10.1 Å². The molecule has 9 heteroatoms. The summed E-state index contributed by atoms with van der Waals surface area (Å²) in [6.45, 7) is 3.99. The van der Waals surface area contributed by atoms with E-state index in [4.69, 9.17) is 4.74 Å². The molecule has 0 radical (unpaired) electrons. The van der Waals surface area contributed by atoms with Crippen molar-refractivity contribution in [2.45, 2.75) is 26.3 Å². The SMILES string of the molecule is CC(C)c1ccc(Oc2nccn3c(=O)n(CC(=O)Nc4ccc(Br)cc4)nc23)cc1. The molecule has 0 aliphatic heterocycles. The van der Waals surface area contributed by atoms with Crippen LogP contribution in [-0.2, 0) is 11.3 Å². The van der Waals surface area contributed by atoms with Gasteiger partial charge in [-0.15, -0.1) is 5.10 Å². The summed E-state index contributed by atoms with van der Waals surface area (Å²) >= 11 is 3.35. The van der Waals surface area contributed by atoms with E-state index in [0.29, 0.717) is 17.4 Å². The van der Waals surface area contributed by atoms with E-state index in [0.717, 1.165) is 9.15 Å². The molecule has 0 aliphatic rings. The molecule has 1 amide bonds. The van der Waals surface area contributed by atoms with Crippen LogP contribution in [-0.4, -0.2) is 25.1 Å². The molecule has 0 saturated heterocycles. The van der Waals surface area contributed by atoms with E-state index in [1.54, 1.807) is 12.1 Å². The second-order valence-electron chi connectivity index (χ2n) is 7.25. The Bertz CT molecular complexity index is 1280. The van der Waals surface area contributed by atoms with Crippen LogP contribution in [0.1, 0.15) is 25.3 Å². The van der Waals surface area contributed by atoms with Crippen LogP contribution < -0.4 is 15.7 Å². The van der Waals surface area contributed by atoms with Gasteiger partial charge in [-0.1, -0.05) is 41.9 Å². The predicted octanol–water partition coefficient (Wildman–Crippen LogP) is 4.21. The number of nitrogens with zero attached hydrogens (tertiary/aromatic N) is 4. The maximum atomic E-state index is 12.7. The molecule has 0 fully saturated rings. The van der Waals surface area contributed by atoms with Crippen LogP contribution >= 0.6 is 15.9 Å². The van der Waals surface area contributed by atoms with Crippen molar-refractivity contribution >= 4 is 33.2 Å². The Morgan fingerprint density at radius 1 is 1.13 bits per heavy atom. The summed E-state index contributed by atoms with van der Waals surface area (Å²) in [6, 6.07) is 14.8. The Morgan fingerprint density at radius 2 is 1.84 bits per heavy atom. The van der Waals surface area contributed by atoms with E-state index in [9.17, 15) is 9.59 Å². The molecule has 4 aromatic rings. The second-order valence-corrected chi connectivity index (χ2v) is 8.16. The fraction of sp³-hybridized carbons (Fsp3) is 0.182. The number of fused-ring (bicyclic) bond motifs is 1. The zero-order chi connectivity index (χ0) is 22.0. The van der Waals surface area contributed by atoms with Crippen molar-refractivity contribution in [3.05, 3.63) is 81.4 Å². The summed E-state index contributed by atoms with van der Waals surface area (Å²) in [5.74, 6) is 0.810. The molecule has 31 heavy (non-hydrogen) atoms. The number of ether oxygens (including phenoxy) is 1. The van der Waals surface area contributed by atoms with E-state index >= 15 is 0 Å². The fourth-order valence-electron chi connectivity index (χ4n) is 3.00. The number of rotatable bonds is 6. The van der Waals surface area contributed by atoms with Gasteiger partial charge in [-0.2, -0.15) is 0 Å². The molecule has 0 atom stereocenters. The van der Waals surface area contributed by atoms with Gasteiger partial charge in [0, 0.05) is 22.6 Å². The van der Waals surface area contributed by atoms with Crippen LogP contribution in [0.3, 0.4) is 0 Å². The van der Waals surface area contributed by atoms with Crippen LogP contribution in [0.5, 0.6) is 11.6 Å². The highest BCUT2D eigenvalue weighted by Gasteiger charge is 2.16. The third-order valence-corrected chi connectivity index (χ3v) is 5.18. The number of hydrogen-bond acceptors (Lipinski definition) is 5. The van der Waals surface area contributed by atoms with Crippen LogP contribution in [0, 0.1) is 0 Å². The first-order valence-corrected chi connectivity index (χ1v) is 10.5. The third-order valence-electron chi connectivity index (χ3n) is 4.65. The number of amides is 1. The number of anilines is 1. The molecule has 0 aliphatic carbocycles. The highest BCUT2D eigenvalue weighted by molar-refractivity contribution is 9.10. The van der Waals surface area contributed by atoms with Gasteiger partial charge in [-0.05, 0) is 47.9 Å². The number of aromatic nitrogens is 4. The number of halogens is 1. The van der Waals surface area contributed by atoms with Crippen molar-refractivity contribution in [1.29, 1.82) is 0 Å². The van der Waals surface area contributed by atoms with E-state index < -0.39 is 5.69 Å². The zero-order valence-corrected chi connectivity index (χ0v) is 18.5. The van der Waals surface area contributed by atoms with Gasteiger partial charge in [0.05, 0.1) is 0 Å². The maximum Gasteiger partial charge on any atom is 0.351 e. The maximum absolute atomic E-state index is 12.7. The van der Waals surface area contributed by atoms with Crippen LogP contribution in [0.2, 0.25) is 0 Å². The summed E-state index contributed by atoms with van der Waals surface area (Å²) in [5, 5.41) is 7.00. The van der Waals surface area contributed by atoms with Crippen molar-refractivity contribution in [2.75, 3.05) is 5.32 Å². The van der Waals surface area contributed by atoms with Gasteiger partial charge >= 0.3 is 5.69 Å². The molecule has 4 rings (SSSR count). The first-order chi connectivity index (χ1) is 14.9. The molecular weight excluding hydrogens is 462 g/mol. The Morgan fingerprint density at radius 3 is 2.52 bits per heavy atom. The molecule has 0 unspecified atom stereocenters. The number of hydrogen-bond donors (Lipinski definition) is 1. The minimum absolute atomic E-state index is 0.184. The van der Waals surface area contributed by atoms with Crippen LogP contribution in [0.4, 0.5) is 5.69 Å². The molecule has 1 N–H and O–H groups in total. The first-order valence-electron chi connectivity index (χ1n) is 9.68. The van der Waals surface area contributed by atoms with Gasteiger partial charge in [-0.25, -0.2) is 18.9 Å². The predicted molar refractivity (Wildman–Crippen MR) is 121 cm³/mol. The minimum Gasteiger partial charge on any atom is -0.436 e. The summed E-state index contributed by atoms with van der Waals surface area (Å²) in [4.78, 5) is 29.3. The monoisotopic (exact) mass is 481 g/mol. The lowest BCUT2D eigenvalue weighted by Gasteiger charge is -2.08. The summed E-state index contributed by atoms with van der Waals surface area (Å²) in [7, 11) is 0. The summed E-state index contributed by atoms with van der Waals surface area (Å²) in [6.07, 6.45) is 2.95. The van der Waals surface area contributed by atoms with Gasteiger partial charge in [0.25, 0.3) is 5.88 Å². The lowest BCUT2D eigenvalue weighted by molar-refractivity contribution is -0.117. The molecule has 0 spiro atoms. The Hall–Kier alpha value is -3.46. The Labute approximate surface area is 186 Å². The number of carbonyl (C=O) groups is 1. The topological polar surface area (TPSA) is 90.5 Å². The van der Waals surface area contributed by atoms with Crippen LogP contribution in [0.15, 0.2) is 70.2 Å². The van der Waals surface area contributed by atoms with Crippen molar-refractivity contribution < 1.29 is 9.53 Å². The van der Waals surface area contributed by atoms with E-state index in [1.165, 1.54) is 22.4 Å². The smallest absolute Gasteiger partial charge is 0.351 e. The number of nitrogens with one attached hydrogen (secondary N) is 1. The second kappa shape index (κ2) is 8.73. The van der Waals surface area contributed by atoms with E-state index in [2.05, 4.69) is 45.2 Å². The fourth-order valence-corrected chi connectivity index (χ4v) is 3.27. The van der Waals surface area contributed by atoms with Crippen molar-refractivity contribution in [2.24, 2.45) is 0 Å². The van der Waals surface area contributed by atoms with Gasteiger partial charge in [0.2, 0.25) is 11.6 Å². The average molecular weight is 482 g/mol. The third kappa shape index (κ3) is 4.66. The first kappa shape index (κ1) is 20.8. The highest BCUT2D eigenvalue weighted by Crippen LogP contribution is 2.24.